The molecule has 0 saturated heterocycles. The van der Waals surface area contributed by atoms with E-state index in [4.69, 9.17) is 5.10 Å². The minimum atomic E-state index is -0.381. The van der Waals surface area contributed by atoms with E-state index in [-0.39, 0.29) is 10.6 Å². The zero-order chi connectivity index (χ0) is 20.5. The summed E-state index contributed by atoms with van der Waals surface area (Å²) in [4.78, 5) is 15.2. The highest BCUT2D eigenvalue weighted by atomic mass is 32.2. The molecule has 4 rings (SSSR count). The molecule has 4 aromatic rings. The summed E-state index contributed by atoms with van der Waals surface area (Å²) in [5.74, 6) is 0. The highest BCUT2D eigenvalue weighted by molar-refractivity contribution is 7.98. The maximum Gasteiger partial charge on any atom is 0.270 e. The second-order valence-corrected chi connectivity index (χ2v) is 7.48. The van der Waals surface area contributed by atoms with E-state index in [1.165, 1.54) is 17.8 Å². The van der Waals surface area contributed by atoms with E-state index >= 15 is 0 Å². The summed E-state index contributed by atoms with van der Waals surface area (Å²) in [6, 6.07) is 12.8. The Balaban J connectivity index is 2.07. The molecule has 0 atom stereocenters. The lowest BCUT2D eigenvalue weighted by molar-refractivity contribution is -0.384. The summed E-state index contributed by atoms with van der Waals surface area (Å²) in [5, 5.41) is 17.0. The normalized spacial score (nSPS) is 11.0. The Morgan fingerprint density at radius 1 is 1.14 bits per heavy atom. The molecule has 0 aliphatic carbocycles. The molecule has 2 aromatic heterocycles. The van der Waals surface area contributed by atoms with E-state index in [0.29, 0.717) is 0 Å². The second kappa shape index (κ2) is 7.56. The molecule has 29 heavy (non-hydrogen) atoms. The summed E-state index contributed by atoms with van der Waals surface area (Å²) < 4.78 is 3.77. The van der Waals surface area contributed by atoms with Crippen molar-refractivity contribution >= 4 is 17.4 Å². The quantitative estimate of drug-likeness (QED) is 0.266. The van der Waals surface area contributed by atoms with Crippen LogP contribution in [0.3, 0.4) is 0 Å². The van der Waals surface area contributed by atoms with Crippen LogP contribution in [0.2, 0.25) is 0 Å². The van der Waals surface area contributed by atoms with Crippen molar-refractivity contribution in [1.82, 2.24) is 19.3 Å². The molecule has 0 unspecified atom stereocenters. The Kier molecular flexibility index (Phi) is 4.94. The van der Waals surface area contributed by atoms with Crippen molar-refractivity contribution in [2.45, 2.75) is 18.9 Å². The van der Waals surface area contributed by atoms with E-state index in [1.807, 2.05) is 53.7 Å². The predicted molar refractivity (Wildman–Crippen MR) is 114 cm³/mol. The highest BCUT2D eigenvalue weighted by Crippen LogP contribution is 2.37. The van der Waals surface area contributed by atoms with Crippen molar-refractivity contribution in [3.8, 4) is 22.6 Å². The number of aryl methyl sites for hydroxylation is 2. The molecule has 0 spiro atoms. The number of rotatable bonds is 5. The van der Waals surface area contributed by atoms with Gasteiger partial charge in [0.2, 0.25) is 0 Å². The average Bonchev–Trinajstić information content (AvgIpc) is 3.35. The van der Waals surface area contributed by atoms with Crippen molar-refractivity contribution in [3.05, 3.63) is 82.4 Å². The lowest BCUT2D eigenvalue weighted by Crippen LogP contribution is -2.03. The first-order chi connectivity index (χ1) is 14.0. The summed E-state index contributed by atoms with van der Waals surface area (Å²) in [6.07, 6.45) is 7.23. The molecule has 0 amide bonds. The SMILES string of the molecule is CSc1nn(-c2ccc(C)cc2C)c(-c2cccc([N+](=O)[O-])c2)c1-n1ccnc1. The maximum absolute atomic E-state index is 11.4. The number of hydrogen-bond donors (Lipinski definition) is 0. The predicted octanol–water partition coefficient (Wildman–Crippen LogP) is 4.97. The molecule has 0 radical (unpaired) electrons. The van der Waals surface area contributed by atoms with Crippen molar-refractivity contribution in [2.24, 2.45) is 0 Å². The van der Waals surface area contributed by atoms with Crippen LogP contribution in [-0.4, -0.2) is 30.5 Å². The Morgan fingerprint density at radius 3 is 2.62 bits per heavy atom. The van der Waals surface area contributed by atoms with Gasteiger partial charge in [0.25, 0.3) is 5.69 Å². The van der Waals surface area contributed by atoms with Gasteiger partial charge in [0.15, 0.2) is 0 Å². The fourth-order valence-corrected chi connectivity index (χ4v) is 3.95. The number of hydrogen-bond acceptors (Lipinski definition) is 5. The number of benzene rings is 2. The number of nitro groups is 1. The van der Waals surface area contributed by atoms with Gasteiger partial charge in [0.05, 0.1) is 22.6 Å². The molecule has 7 nitrogen and oxygen atoms in total. The van der Waals surface area contributed by atoms with Gasteiger partial charge in [-0.3, -0.25) is 10.1 Å². The topological polar surface area (TPSA) is 78.8 Å². The number of aromatic nitrogens is 4. The molecule has 0 aliphatic heterocycles. The van der Waals surface area contributed by atoms with E-state index in [0.717, 1.165) is 38.8 Å². The molecular formula is C21H19N5O2S. The Hall–Kier alpha value is -3.39. The zero-order valence-corrected chi connectivity index (χ0v) is 17.1. The largest absolute Gasteiger partial charge is 0.302 e. The van der Waals surface area contributed by atoms with Crippen LogP contribution in [0.5, 0.6) is 0 Å². The van der Waals surface area contributed by atoms with Crippen LogP contribution in [0.4, 0.5) is 5.69 Å². The first-order valence-electron chi connectivity index (χ1n) is 8.97. The van der Waals surface area contributed by atoms with Gasteiger partial charge in [-0.25, -0.2) is 9.67 Å². The summed E-state index contributed by atoms with van der Waals surface area (Å²) in [6.45, 7) is 4.09. The van der Waals surface area contributed by atoms with Crippen LogP contribution < -0.4 is 0 Å². The molecule has 2 heterocycles. The fourth-order valence-electron chi connectivity index (χ4n) is 3.39. The van der Waals surface area contributed by atoms with E-state index in [2.05, 4.69) is 11.1 Å². The van der Waals surface area contributed by atoms with Crippen LogP contribution in [0.1, 0.15) is 11.1 Å². The van der Waals surface area contributed by atoms with Gasteiger partial charge in [-0.05, 0) is 31.7 Å². The first kappa shape index (κ1) is 18.9. The molecule has 146 valence electrons. The number of nitrogens with zero attached hydrogens (tertiary/aromatic N) is 5. The van der Waals surface area contributed by atoms with Gasteiger partial charge in [0, 0.05) is 30.1 Å². The van der Waals surface area contributed by atoms with Crippen molar-refractivity contribution in [2.75, 3.05) is 6.26 Å². The second-order valence-electron chi connectivity index (χ2n) is 6.69. The number of imidazole rings is 1. The van der Waals surface area contributed by atoms with Gasteiger partial charge in [-0.1, -0.05) is 29.8 Å². The average molecular weight is 405 g/mol. The standard InChI is InChI=1S/C21H19N5O2S/c1-14-7-8-18(15(2)11-14)25-19(16-5-4-6-17(12-16)26(27)28)20(21(23-25)29-3)24-10-9-22-13-24/h4-13H,1-3H3. The maximum atomic E-state index is 11.4. The highest BCUT2D eigenvalue weighted by Gasteiger charge is 2.23. The molecule has 8 heteroatoms. The van der Waals surface area contributed by atoms with Crippen molar-refractivity contribution in [3.63, 3.8) is 0 Å². The van der Waals surface area contributed by atoms with Gasteiger partial charge in [0.1, 0.15) is 10.7 Å². The monoisotopic (exact) mass is 405 g/mol. The molecule has 2 aromatic carbocycles. The van der Waals surface area contributed by atoms with E-state index in [1.54, 1.807) is 24.7 Å². The van der Waals surface area contributed by atoms with Crippen molar-refractivity contribution < 1.29 is 4.92 Å². The summed E-state index contributed by atoms with van der Waals surface area (Å²) in [7, 11) is 0. The van der Waals surface area contributed by atoms with Crippen LogP contribution in [-0.2, 0) is 0 Å². The van der Waals surface area contributed by atoms with E-state index < -0.39 is 0 Å². The van der Waals surface area contributed by atoms with E-state index in [9.17, 15) is 10.1 Å². The third-order valence-electron chi connectivity index (χ3n) is 4.70. The van der Waals surface area contributed by atoms with Crippen molar-refractivity contribution in [1.29, 1.82) is 0 Å². The zero-order valence-electron chi connectivity index (χ0n) is 16.2. The molecular weight excluding hydrogens is 386 g/mol. The molecule has 0 saturated carbocycles. The molecule has 0 bridgehead atoms. The number of nitro benzene ring substituents is 1. The fraction of sp³-hybridized carbons (Fsp3) is 0.143. The lowest BCUT2D eigenvalue weighted by Gasteiger charge is -2.13. The van der Waals surface area contributed by atoms with Gasteiger partial charge in [-0.2, -0.15) is 5.10 Å². The molecule has 0 aliphatic rings. The van der Waals surface area contributed by atoms with Crippen LogP contribution in [0, 0.1) is 24.0 Å². The minimum absolute atomic E-state index is 0.0400. The van der Waals surface area contributed by atoms with Gasteiger partial charge < -0.3 is 4.57 Å². The van der Waals surface area contributed by atoms with Gasteiger partial charge in [-0.15, -0.1) is 11.8 Å². The van der Waals surface area contributed by atoms with Crippen LogP contribution in [0.15, 0.2) is 66.2 Å². The third-order valence-corrected chi connectivity index (χ3v) is 5.36. The Bertz CT molecular complexity index is 1200. The Labute approximate surface area is 172 Å². The Morgan fingerprint density at radius 2 is 1.97 bits per heavy atom. The van der Waals surface area contributed by atoms with Crippen LogP contribution in [0.25, 0.3) is 22.6 Å². The minimum Gasteiger partial charge on any atom is -0.302 e. The summed E-state index contributed by atoms with van der Waals surface area (Å²) in [5.41, 5.74) is 5.55. The molecule has 0 N–H and O–H groups in total. The molecule has 0 fully saturated rings. The number of thioether (sulfide) groups is 1. The van der Waals surface area contributed by atoms with Gasteiger partial charge >= 0.3 is 0 Å². The summed E-state index contributed by atoms with van der Waals surface area (Å²) >= 11 is 1.52. The lowest BCUT2D eigenvalue weighted by atomic mass is 10.1. The van der Waals surface area contributed by atoms with Crippen LogP contribution >= 0.6 is 11.8 Å². The third kappa shape index (κ3) is 3.42. The first-order valence-corrected chi connectivity index (χ1v) is 10.2. The number of non-ortho nitro benzene ring substituents is 1. The smallest absolute Gasteiger partial charge is 0.270 e.